The van der Waals surface area contributed by atoms with Crippen molar-refractivity contribution < 1.29 is 28.0 Å². The lowest BCUT2D eigenvalue weighted by molar-refractivity contribution is -0.387. The Labute approximate surface area is 174 Å². The number of benzene rings is 1. The fourth-order valence-corrected chi connectivity index (χ4v) is 5.17. The number of nitrogens with zero attached hydrogens (tertiary/aromatic N) is 3. The molecule has 0 saturated carbocycles. The predicted molar refractivity (Wildman–Crippen MR) is 106 cm³/mol. The Balaban J connectivity index is 1.72. The number of amides is 1. The molecule has 3 rings (SSSR count). The summed E-state index contributed by atoms with van der Waals surface area (Å²) in [4.78, 5) is 23.6. The SMILES string of the molecule is CC(C)(C)OC(=O)N1CC(O)(C2CN(S(=O)(=O)c3ccccc3[N+](=O)[O-])CCN2)C1. The molecule has 2 N–H and O–H groups in total. The quantitative estimate of drug-likeness (QED) is 0.508. The van der Waals surface area contributed by atoms with Crippen LogP contribution >= 0.6 is 0 Å². The Bertz CT molecular complexity index is 938. The third kappa shape index (κ3) is 4.41. The molecule has 0 bridgehead atoms. The highest BCUT2D eigenvalue weighted by molar-refractivity contribution is 7.89. The molecule has 1 aromatic carbocycles. The van der Waals surface area contributed by atoms with E-state index < -0.39 is 44.0 Å². The Hall–Kier alpha value is -2.28. The van der Waals surface area contributed by atoms with Crippen LogP contribution in [-0.4, -0.2) is 83.7 Å². The Kier molecular flexibility index (Phi) is 5.80. The number of hydrogen-bond acceptors (Lipinski definition) is 8. The van der Waals surface area contributed by atoms with Gasteiger partial charge in [-0.25, -0.2) is 13.2 Å². The summed E-state index contributed by atoms with van der Waals surface area (Å²) in [6, 6.07) is 4.54. The van der Waals surface area contributed by atoms with Gasteiger partial charge >= 0.3 is 6.09 Å². The van der Waals surface area contributed by atoms with Gasteiger partial charge in [-0.15, -0.1) is 0 Å². The number of sulfonamides is 1. The number of carbonyl (C=O) groups excluding carboxylic acids is 1. The summed E-state index contributed by atoms with van der Waals surface area (Å²) in [5.41, 5.74) is -2.48. The van der Waals surface area contributed by atoms with Gasteiger partial charge in [-0.1, -0.05) is 12.1 Å². The van der Waals surface area contributed by atoms with E-state index in [1.54, 1.807) is 20.8 Å². The van der Waals surface area contributed by atoms with E-state index in [2.05, 4.69) is 5.32 Å². The number of nitro groups is 1. The zero-order chi connectivity index (χ0) is 22.3. The zero-order valence-corrected chi connectivity index (χ0v) is 17.9. The van der Waals surface area contributed by atoms with Crippen molar-refractivity contribution in [1.29, 1.82) is 0 Å². The average molecular weight is 442 g/mol. The number of likely N-dealkylation sites (tertiary alicyclic amines) is 1. The first kappa shape index (κ1) is 22.4. The molecule has 1 amide bonds. The number of carbonyl (C=O) groups is 1. The van der Waals surface area contributed by atoms with Crippen LogP contribution in [0.3, 0.4) is 0 Å². The summed E-state index contributed by atoms with van der Waals surface area (Å²) in [6.45, 7) is 5.52. The lowest BCUT2D eigenvalue weighted by Gasteiger charge is -2.52. The van der Waals surface area contributed by atoms with Gasteiger partial charge in [0.15, 0.2) is 4.90 Å². The maximum absolute atomic E-state index is 13.0. The lowest BCUT2D eigenvalue weighted by Crippen LogP contribution is -2.75. The van der Waals surface area contributed by atoms with Gasteiger partial charge in [-0.3, -0.25) is 10.1 Å². The minimum atomic E-state index is -4.13. The minimum absolute atomic E-state index is 0.00104. The van der Waals surface area contributed by atoms with Crippen molar-refractivity contribution in [3.05, 3.63) is 34.4 Å². The van der Waals surface area contributed by atoms with E-state index in [-0.39, 0.29) is 37.6 Å². The predicted octanol–water partition coefficient (Wildman–Crippen LogP) is 0.539. The molecule has 11 nitrogen and oxygen atoms in total. The second-order valence-corrected chi connectivity index (χ2v) is 10.4. The summed E-state index contributed by atoms with van der Waals surface area (Å²) < 4.78 is 32.5. The van der Waals surface area contributed by atoms with E-state index >= 15 is 0 Å². The van der Waals surface area contributed by atoms with E-state index in [1.165, 1.54) is 23.1 Å². The van der Waals surface area contributed by atoms with Gasteiger partial charge < -0.3 is 20.1 Å². The van der Waals surface area contributed by atoms with Crippen LogP contribution in [0.2, 0.25) is 0 Å². The molecule has 2 fully saturated rings. The van der Waals surface area contributed by atoms with Crippen molar-refractivity contribution in [3.63, 3.8) is 0 Å². The highest BCUT2D eigenvalue weighted by Gasteiger charge is 2.52. The summed E-state index contributed by atoms with van der Waals surface area (Å²) in [7, 11) is -4.13. The number of β-amino-alcohol motifs (C(OH)–C–C–N with tert-alkyl or cyclic N) is 1. The fraction of sp³-hybridized carbons (Fsp3) is 0.611. The van der Waals surface area contributed by atoms with Crippen molar-refractivity contribution in [2.75, 3.05) is 32.7 Å². The highest BCUT2D eigenvalue weighted by atomic mass is 32.2. The number of nitrogens with one attached hydrogen (secondary N) is 1. The molecular weight excluding hydrogens is 416 g/mol. The average Bonchev–Trinajstić information content (AvgIpc) is 2.64. The van der Waals surface area contributed by atoms with Gasteiger partial charge in [0.1, 0.15) is 11.2 Å². The molecule has 12 heteroatoms. The van der Waals surface area contributed by atoms with Crippen molar-refractivity contribution in [1.82, 2.24) is 14.5 Å². The summed E-state index contributed by atoms with van der Waals surface area (Å²) >= 11 is 0. The first-order valence-electron chi connectivity index (χ1n) is 9.51. The first-order valence-corrected chi connectivity index (χ1v) is 10.9. The summed E-state index contributed by atoms with van der Waals surface area (Å²) in [6.07, 6.45) is -0.549. The molecule has 2 aliphatic rings. The van der Waals surface area contributed by atoms with Crippen LogP contribution in [0.4, 0.5) is 10.5 Å². The smallest absolute Gasteiger partial charge is 0.410 e. The molecule has 166 valence electrons. The van der Waals surface area contributed by atoms with Crippen LogP contribution in [0.15, 0.2) is 29.2 Å². The number of ether oxygens (including phenoxy) is 1. The van der Waals surface area contributed by atoms with Crippen LogP contribution in [0.25, 0.3) is 0 Å². The molecule has 2 saturated heterocycles. The second kappa shape index (κ2) is 7.76. The van der Waals surface area contributed by atoms with Gasteiger partial charge in [0, 0.05) is 25.7 Å². The van der Waals surface area contributed by atoms with E-state index in [4.69, 9.17) is 4.74 Å². The first-order chi connectivity index (χ1) is 13.8. The minimum Gasteiger partial charge on any atom is -0.444 e. The zero-order valence-electron chi connectivity index (χ0n) is 17.1. The van der Waals surface area contributed by atoms with Crippen LogP contribution in [-0.2, 0) is 14.8 Å². The molecule has 0 spiro atoms. The standard InChI is InChI=1S/C18H26N4O7S/c1-17(2,3)29-16(23)20-11-18(24,12-20)15-10-21(9-8-19-15)30(27,28)14-7-5-4-6-13(14)22(25)26/h4-7,15,19,24H,8-12H2,1-3H3. The van der Waals surface area contributed by atoms with E-state index in [0.29, 0.717) is 0 Å². The maximum atomic E-state index is 13.0. The topological polar surface area (TPSA) is 142 Å². The van der Waals surface area contributed by atoms with Crippen molar-refractivity contribution >= 4 is 21.8 Å². The monoisotopic (exact) mass is 442 g/mol. The van der Waals surface area contributed by atoms with E-state index in [0.717, 1.165) is 10.4 Å². The number of para-hydroxylation sites is 1. The van der Waals surface area contributed by atoms with E-state index in [9.17, 15) is 28.4 Å². The molecule has 1 unspecified atom stereocenters. The second-order valence-electron chi connectivity index (χ2n) is 8.53. The summed E-state index contributed by atoms with van der Waals surface area (Å²) in [5.74, 6) is 0. The van der Waals surface area contributed by atoms with Gasteiger partial charge in [-0.2, -0.15) is 4.31 Å². The molecule has 0 aromatic heterocycles. The van der Waals surface area contributed by atoms with Gasteiger partial charge in [0.2, 0.25) is 10.0 Å². The van der Waals surface area contributed by atoms with Crippen LogP contribution in [0, 0.1) is 10.1 Å². The third-order valence-corrected chi connectivity index (χ3v) is 6.96. The number of hydrogen-bond donors (Lipinski definition) is 2. The van der Waals surface area contributed by atoms with Gasteiger partial charge in [0.25, 0.3) is 5.69 Å². The molecule has 0 radical (unpaired) electrons. The summed E-state index contributed by atoms with van der Waals surface area (Å²) in [5, 5.41) is 25.2. The molecule has 2 aliphatic heterocycles. The highest BCUT2D eigenvalue weighted by Crippen LogP contribution is 2.31. The van der Waals surface area contributed by atoms with Crippen LogP contribution in [0.1, 0.15) is 20.8 Å². The lowest BCUT2D eigenvalue weighted by atomic mass is 9.85. The molecule has 1 atom stereocenters. The number of nitro benzene ring substituents is 1. The third-order valence-electron chi connectivity index (χ3n) is 5.05. The van der Waals surface area contributed by atoms with Gasteiger partial charge in [0.05, 0.1) is 24.1 Å². The van der Waals surface area contributed by atoms with Gasteiger partial charge in [-0.05, 0) is 26.8 Å². The van der Waals surface area contributed by atoms with Crippen molar-refractivity contribution in [2.45, 2.75) is 42.9 Å². The van der Waals surface area contributed by atoms with Crippen LogP contribution < -0.4 is 5.32 Å². The molecule has 2 heterocycles. The molecule has 0 aliphatic carbocycles. The Morgan fingerprint density at radius 1 is 1.33 bits per heavy atom. The molecule has 1 aromatic rings. The number of piperazine rings is 1. The maximum Gasteiger partial charge on any atom is 0.410 e. The van der Waals surface area contributed by atoms with E-state index in [1.807, 2.05) is 0 Å². The van der Waals surface area contributed by atoms with Crippen molar-refractivity contribution in [2.24, 2.45) is 0 Å². The molecular formula is C18H26N4O7S. The number of rotatable bonds is 4. The Morgan fingerprint density at radius 3 is 2.57 bits per heavy atom. The largest absolute Gasteiger partial charge is 0.444 e. The van der Waals surface area contributed by atoms with Crippen LogP contribution in [0.5, 0.6) is 0 Å². The fourth-order valence-electron chi connectivity index (χ4n) is 3.56. The van der Waals surface area contributed by atoms with Crippen molar-refractivity contribution in [3.8, 4) is 0 Å². The normalized spacial score (nSPS) is 22.3. The number of aliphatic hydroxyl groups is 1. The Morgan fingerprint density at radius 2 is 1.97 bits per heavy atom. The molecule has 30 heavy (non-hydrogen) atoms.